The van der Waals surface area contributed by atoms with Gasteiger partial charge in [-0.1, -0.05) is 36.4 Å². The van der Waals surface area contributed by atoms with E-state index in [1.165, 1.54) is 0 Å². The van der Waals surface area contributed by atoms with Gasteiger partial charge >= 0.3 is 0 Å². The lowest BCUT2D eigenvalue weighted by molar-refractivity contribution is 0.102. The van der Waals surface area contributed by atoms with Crippen LogP contribution in [0.25, 0.3) is 10.9 Å². The fourth-order valence-electron chi connectivity index (χ4n) is 3.18. The Hall–Kier alpha value is -3.73. The number of pyridine rings is 2. The van der Waals surface area contributed by atoms with Gasteiger partial charge in [-0.15, -0.1) is 0 Å². The molecule has 0 unspecified atom stereocenters. The Morgan fingerprint density at radius 1 is 0.857 bits per heavy atom. The van der Waals surface area contributed by atoms with E-state index in [0.717, 1.165) is 27.7 Å². The molecule has 0 fully saturated rings. The lowest BCUT2D eigenvalue weighted by Crippen LogP contribution is -2.13. The minimum absolute atomic E-state index is 0.204. The molecule has 4 rings (SSSR count). The lowest BCUT2D eigenvalue weighted by Gasteiger charge is -2.13. The van der Waals surface area contributed by atoms with E-state index in [1.807, 2.05) is 62.4 Å². The minimum Gasteiger partial charge on any atom is -0.340 e. The first-order chi connectivity index (χ1) is 13.6. The van der Waals surface area contributed by atoms with Gasteiger partial charge < -0.3 is 10.6 Å². The molecule has 138 valence electrons. The van der Waals surface area contributed by atoms with Gasteiger partial charge in [0.05, 0.1) is 11.2 Å². The second-order valence-corrected chi connectivity index (χ2v) is 6.66. The highest BCUT2D eigenvalue weighted by Crippen LogP contribution is 2.24. The Balaban J connectivity index is 1.59. The number of anilines is 3. The van der Waals surface area contributed by atoms with E-state index in [4.69, 9.17) is 0 Å². The van der Waals surface area contributed by atoms with Crippen LogP contribution in [0.3, 0.4) is 0 Å². The van der Waals surface area contributed by atoms with Gasteiger partial charge in [-0.2, -0.15) is 0 Å². The molecule has 5 nitrogen and oxygen atoms in total. The van der Waals surface area contributed by atoms with E-state index < -0.39 is 0 Å². The van der Waals surface area contributed by atoms with Crippen LogP contribution in [-0.2, 0) is 0 Å². The molecular formula is C23H20N4O. The standard InChI is InChI=1S/C23H20N4O/c1-15-6-3-7-16(2)21(15)27-20-14-18(11-13-24-20)23(28)26-19-10-4-8-17-9-5-12-25-22(17)19/h3-14H,1-2H3,(H,24,27)(H,26,28). The first-order valence-electron chi connectivity index (χ1n) is 9.06. The predicted octanol–water partition coefficient (Wildman–Crippen LogP) is 5.24. The molecule has 0 atom stereocenters. The highest BCUT2D eigenvalue weighted by molar-refractivity contribution is 6.08. The maximum Gasteiger partial charge on any atom is 0.255 e. The third-order valence-electron chi connectivity index (χ3n) is 4.64. The Morgan fingerprint density at radius 2 is 1.61 bits per heavy atom. The van der Waals surface area contributed by atoms with Crippen LogP contribution in [0.4, 0.5) is 17.2 Å². The van der Waals surface area contributed by atoms with Crippen molar-refractivity contribution < 1.29 is 4.79 Å². The van der Waals surface area contributed by atoms with Gasteiger partial charge in [0.15, 0.2) is 0 Å². The van der Waals surface area contributed by atoms with E-state index in [2.05, 4.69) is 20.6 Å². The average molecular weight is 368 g/mol. The summed E-state index contributed by atoms with van der Waals surface area (Å²) in [6.07, 6.45) is 3.35. The van der Waals surface area contributed by atoms with Gasteiger partial charge in [-0.05, 0) is 49.2 Å². The lowest BCUT2D eigenvalue weighted by atomic mass is 10.1. The van der Waals surface area contributed by atoms with Gasteiger partial charge in [0.1, 0.15) is 5.82 Å². The van der Waals surface area contributed by atoms with Gasteiger partial charge in [0, 0.05) is 29.0 Å². The van der Waals surface area contributed by atoms with Crippen LogP contribution in [0.5, 0.6) is 0 Å². The number of hydrogen-bond acceptors (Lipinski definition) is 4. The third-order valence-corrected chi connectivity index (χ3v) is 4.64. The molecular weight excluding hydrogens is 348 g/mol. The van der Waals surface area contributed by atoms with Gasteiger partial charge in [-0.25, -0.2) is 4.98 Å². The average Bonchev–Trinajstić information content (AvgIpc) is 2.71. The number of carbonyl (C=O) groups excluding carboxylic acids is 1. The summed E-state index contributed by atoms with van der Waals surface area (Å²) in [5, 5.41) is 7.26. The van der Waals surface area contributed by atoms with Crippen molar-refractivity contribution in [3.63, 3.8) is 0 Å². The maximum atomic E-state index is 12.8. The van der Waals surface area contributed by atoms with Crippen molar-refractivity contribution in [3.05, 3.63) is 89.7 Å². The van der Waals surface area contributed by atoms with Crippen LogP contribution in [0.2, 0.25) is 0 Å². The van der Waals surface area contributed by atoms with Crippen LogP contribution < -0.4 is 10.6 Å². The van der Waals surface area contributed by atoms with Crippen molar-refractivity contribution in [2.24, 2.45) is 0 Å². The number of rotatable bonds is 4. The molecule has 0 aliphatic carbocycles. The first-order valence-corrected chi connectivity index (χ1v) is 9.06. The monoisotopic (exact) mass is 368 g/mol. The van der Waals surface area contributed by atoms with Gasteiger partial charge in [0.25, 0.3) is 5.91 Å². The van der Waals surface area contributed by atoms with E-state index in [1.54, 1.807) is 24.5 Å². The van der Waals surface area contributed by atoms with Crippen molar-refractivity contribution in [2.45, 2.75) is 13.8 Å². The molecule has 0 aliphatic rings. The zero-order chi connectivity index (χ0) is 19.5. The second kappa shape index (κ2) is 7.48. The Labute approximate surface area is 163 Å². The number of amides is 1. The molecule has 2 heterocycles. The second-order valence-electron chi connectivity index (χ2n) is 6.66. The number of nitrogens with zero attached hydrogens (tertiary/aromatic N) is 2. The molecule has 0 saturated heterocycles. The summed E-state index contributed by atoms with van der Waals surface area (Å²) in [4.78, 5) is 21.5. The fraction of sp³-hybridized carbons (Fsp3) is 0.0870. The third kappa shape index (κ3) is 3.55. The number of aryl methyl sites for hydroxylation is 2. The molecule has 2 aromatic heterocycles. The number of para-hydroxylation sites is 2. The Kier molecular flexibility index (Phi) is 4.72. The Morgan fingerprint density at radius 3 is 2.43 bits per heavy atom. The number of hydrogen-bond donors (Lipinski definition) is 2. The molecule has 1 amide bonds. The van der Waals surface area contributed by atoms with Crippen LogP contribution in [0.1, 0.15) is 21.5 Å². The normalized spacial score (nSPS) is 10.6. The summed E-state index contributed by atoms with van der Waals surface area (Å²) in [6.45, 7) is 4.08. The molecule has 2 aromatic carbocycles. The number of nitrogens with one attached hydrogen (secondary N) is 2. The Bertz CT molecular complexity index is 1140. The van der Waals surface area contributed by atoms with E-state index in [9.17, 15) is 4.79 Å². The van der Waals surface area contributed by atoms with E-state index in [-0.39, 0.29) is 5.91 Å². The highest BCUT2D eigenvalue weighted by atomic mass is 16.1. The molecule has 0 radical (unpaired) electrons. The molecule has 0 aliphatic heterocycles. The van der Waals surface area contributed by atoms with Crippen molar-refractivity contribution >= 4 is 34.0 Å². The summed E-state index contributed by atoms with van der Waals surface area (Å²) >= 11 is 0. The molecule has 5 heteroatoms. The molecule has 2 N–H and O–H groups in total. The summed E-state index contributed by atoms with van der Waals surface area (Å²) in [7, 11) is 0. The van der Waals surface area contributed by atoms with Gasteiger partial charge in [0.2, 0.25) is 0 Å². The zero-order valence-corrected chi connectivity index (χ0v) is 15.7. The number of fused-ring (bicyclic) bond motifs is 1. The number of aromatic nitrogens is 2. The molecule has 0 saturated carbocycles. The SMILES string of the molecule is Cc1cccc(C)c1Nc1cc(C(=O)Nc2cccc3cccnc23)ccn1. The highest BCUT2D eigenvalue weighted by Gasteiger charge is 2.11. The minimum atomic E-state index is -0.204. The summed E-state index contributed by atoms with van der Waals surface area (Å²) in [6, 6.07) is 19.1. The number of benzene rings is 2. The van der Waals surface area contributed by atoms with Crippen molar-refractivity contribution in [2.75, 3.05) is 10.6 Å². The van der Waals surface area contributed by atoms with Crippen LogP contribution in [-0.4, -0.2) is 15.9 Å². The molecule has 0 spiro atoms. The van der Waals surface area contributed by atoms with E-state index in [0.29, 0.717) is 17.1 Å². The smallest absolute Gasteiger partial charge is 0.255 e. The van der Waals surface area contributed by atoms with Gasteiger partial charge in [-0.3, -0.25) is 9.78 Å². The van der Waals surface area contributed by atoms with Crippen LogP contribution in [0, 0.1) is 13.8 Å². The largest absolute Gasteiger partial charge is 0.340 e. The number of carbonyl (C=O) groups is 1. The van der Waals surface area contributed by atoms with Crippen molar-refractivity contribution in [1.29, 1.82) is 0 Å². The topological polar surface area (TPSA) is 66.9 Å². The van der Waals surface area contributed by atoms with Crippen molar-refractivity contribution in [3.8, 4) is 0 Å². The van der Waals surface area contributed by atoms with Crippen LogP contribution >= 0.6 is 0 Å². The molecule has 28 heavy (non-hydrogen) atoms. The van der Waals surface area contributed by atoms with Crippen LogP contribution in [0.15, 0.2) is 73.1 Å². The summed E-state index contributed by atoms with van der Waals surface area (Å²) < 4.78 is 0. The first kappa shape index (κ1) is 17.7. The zero-order valence-electron chi connectivity index (χ0n) is 15.7. The fourth-order valence-corrected chi connectivity index (χ4v) is 3.18. The quantitative estimate of drug-likeness (QED) is 0.517. The molecule has 0 bridgehead atoms. The van der Waals surface area contributed by atoms with Crippen molar-refractivity contribution in [1.82, 2.24) is 9.97 Å². The maximum absolute atomic E-state index is 12.8. The predicted molar refractivity (Wildman–Crippen MR) is 113 cm³/mol. The summed E-state index contributed by atoms with van der Waals surface area (Å²) in [5.74, 6) is 0.422. The molecule has 4 aromatic rings. The summed E-state index contributed by atoms with van der Waals surface area (Å²) in [5.41, 5.74) is 5.23. The van der Waals surface area contributed by atoms with E-state index >= 15 is 0 Å².